The van der Waals surface area contributed by atoms with E-state index in [9.17, 15) is 4.79 Å². The molecule has 0 bridgehead atoms. The Hall–Kier alpha value is -2.21. The van der Waals surface area contributed by atoms with E-state index in [2.05, 4.69) is 15.4 Å². The van der Waals surface area contributed by atoms with Crippen molar-refractivity contribution in [3.05, 3.63) is 41.5 Å². The number of rotatable bonds is 3. The van der Waals surface area contributed by atoms with Crippen LogP contribution in [0.2, 0.25) is 0 Å². The maximum Gasteiger partial charge on any atom is 0.274 e. The monoisotopic (exact) mass is 245 g/mol. The van der Waals surface area contributed by atoms with Gasteiger partial charge in [-0.05, 0) is 18.6 Å². The highest BCUT2D eigenvalue weighted by Crippen LogP contribution is 2.12. The molecule has 0 aliphatic carbocycles. The first-order chi connectivity index (χ1) is 8.60. The lowest BCUT2D eigenvalue weighted by molar-refractivity contribution is 0.102. The zero-order valence-corrected chi connectivity index (χ0v) is 10.3. The number of hydrogen-bond donors (Lipinski definition) is 2. The highest BCUT2D eigenvalue weighted by atomic mass is 16.1. The largest absolute Gasteiger partial charge is 0.326 e. The summed E-state index contributed by atoms with van der Waals surface area (Å²) in [7, 11) is 1.80. The van der Waals surface area contributed by atoms with Crippen molar-refractivity contribution < 1.29 is 4.79 Å². The third-order valence-corrected chi connectivity index (χ3v) is 2.55. The number of aryl methyl sites for hydroxylation is 2. The molecule has 94 valence electrons. The van der Waals surface area contributed by atoms with Gasteiger partial charge in [0.05, 0.1) is 11.4 Å². The van der Waals surface area contributed by atoms with Crippen molar-refractivity contribution in [1.82, 2.24) is 14.8 Å². The van der Waals surface area contributed by atoms with Crippen molar-refractivity contribution in [2.75, 3.05) is 5.32 Å². The fourth-order valence-electron chi connectivity index (χ4n) is 1.59. The molecule has 0 aliphatic heterocycles. The molecular formula is C12H15N5O. The molecule has 3 N–H and O–H groups in total. The van der Waals surface area contributed by atoms with Gasteiger partial charge in [0.1, 0.15) is 5.69 Å². The molecule has 0 spiro atoms. The number of pyridine rings is 1. The highest BCUT2D eigenvalue weighted by Gasteiger charge is 2.10. The van der Waals surface area contributed by atoms with Gasteiger partial charge in [0.2, 0.25) is 0 Å². The summed E-state index contributed by atoms with van der Waals surface area (Å²) < 4.78 is 1.65. The van der Waals surface area contributed by atoms with E-state index in [4.69, 9.17) is 5.73 Å². The number of carbonyl (C=O) groups is 1. The predicted molar refractivity (Wildman–Crippen MR) is 68.0 cm³/mol. The van der Waals surface area contributed by atoms with Crippen molar-refractivity contribution in [1.29, 1.82) is 0 Å². The summed E-state index contributed by atoms with van der Waals surface area (Å²) in [6, 6.07) is 3.45. The summed E-state index contributed by atoms with van der Waals surface area (Å²) in [5.74, 6) is -0.255. The number of nitrogens with zero attached hydrogens (tertiary/aromatic N) is 3. The maximum absolute atomic E-state index is 11.9. The maximum atomic E-state index is 11.9. The van der Waals surface area contributed by atoms with Crippen molar-refractivity contribution in [3.8, 4) is 0 Å². The molecule has 0 fully saturated rings. The minimum absolute atomic E-state index is 0.255. The molecular weight excluding hydrogens is 230 g/mol. The Balaban J connectivity index is 2.14. The van der Waals surface area contributed by atoms with Gasteiger partial charge in [-0.3, -0.25) is 14.5 Å². The SMILES string of the molecule is Cc1nn(C)cc1NC(=O)c1ccc(CN)cn1. The fourth-order valence-corrected chi connectivity index (χ4v) is 1.59. The topological polar surface area (TPSA) is 85.8 Å². The Bertz CT molecular complexity index is 558. The molecule has 6 heteroatoms. The van der Waals surface area contributed by atoms with Gasteiger partial charge in [-0.2, -0.15) is 5.10 Å². The molecule has 6 nitrogen and oxygen atoms in total. The molecule has 2 rings (SSSR count). The minimum Gasteiger partial charge on any atom is -0.326 e. The van der Waals surface area contributed by atoms with Gasteiger partial charge in [-0.1, -0.05) is 6.07 Å². The zero-order valence-electron chi connectivity index (χ0n) is 10.3. The Morgan fingerprint density at radius 1 is 1.50 bits per heavy atom. The minimum atomic E-state index is -0.255. The molecule has 1 amide bonds. The summed E-state index contributed by atoms with van der Waals surface area (Å²) in [6.07, 6.45) is 3.35. The number of aromatic nitrogens is 3. The average molecular weight is 245 g/mol. The first-order valence-electron chi connectivity index (χ1n) is 5.56. The molecule has 2 aromatic heterocycles. The van der Waals surface area contributed by atoms with Gasteiger partial charge in [-0.15, -0.1) is 0 Å². The fraction of sp³-hybridized carbons (Fsp3) is 0.250. The predicted octanol–water partition coefficient (Wildman–Crippen LogP) is 0.835. The van der Waals surface area contributed by atoms with E-state index < -0.39 is 0 Å². The zero-order chi connectivity index (χ0) is 13.1. The van der Waals surface area contributed by atoms with Gasteiger partial charge in [0.15, 0.2) is 0 Å². The number of amides is 1. The normalized spacial score (nSPS) is 10.4. The highest BCUT2D eigenvalue weighted by molar-refractivity contribution is 6.03. The van der Waals surface area contributed by atoms with Crippen LogP contribution in [0.25, 0.3) is 0 Å². The Morgan fingerprint density at radius 2 is 2.28 bits per heavy atom. The summed E-state index contributed by atoms with van der Waals surface area (Å²) in [4.78, 5) is 16.0. The number of nitrogens with two attached hydrogens (primary N) is 1. The van der Waals surface area contributed by atoms with Crippen molar-refractivity contribution in [2.45, 2.75) is 13.5 Å². The molecule has 0 aliphatic rings. The van der Waals surface area contributed by atoms with Crippen LogP contribution in [-0.4, -0.2) is 20.7 Å². The van der Waals surface area contributed by atoms with Crippen molar-refractivity contribution in [2.24, 2.45) is 12.8 Å². The summed E-state index contributed by atoms with van der Waals surface area (Å²) in [6.45, 7) is 2.25. The van der Waals surface area contributed by atoms with Gasteiger partial charge >= 0.3 is 0 Å². The number of hydrogen-bond acceptors (Lipinski definition) is 4. The van der Waals surface area contributed by atoms with Crippen LogP contribution in [-0.2, 0) is 13.6 Å². The van der Waals surface area contributed by atoms with Gasteiger partial charge in [-0.25, -0.2) is 0 Å². The van der Waals surface area contributed by atoms with E-state index in [-0.39, 0.29) is 5.91 Å². The average Bonchev–Trinajstić information content (AvgIpc) is 2.68. The summed E-state index contributed by atoms with van der Waals surface area (Å²) >= 11 is 0. The van der Waals surface area contributed by atoms with Crippen LogP contribution in [0.3, 0.4) is 0 Å². The third-order valence-electron chi connectivity index (χ3n) is 2.55. The van der Waals surface area contributed by atoms with Crippen LogP contribution in [0, 0.1) is 6.92 Å². The van der Waals surface area contributed by atoms with Crippen LogP contribution >= 0.6 is 0 Å². The van der Waals surface area contributed by atoms with E-state index >= 15 is 0 Å². The van der Waals surface area contributed by atoms with Crippen LogP contribution in [0.5, 0.6) is 0 Å². The standard InChI is InChI=1S/C12H15N5O/c1-8-11(7-17(2)16-8)15-12(18)10-4-3-9(5-13)6-14-10/h3-4,6-7H,5,13H2,1-2H3,(H,15,18). The van der Waals surface area contributed by atoms with Crippen LogP contribution in [0.4, 0.5) is 5.69 Å². The van der Waals surface area contributed by atoms with Crippen molar-refractivity contribution in [3.63, 3.8) is 0 Å². The van der Waals surface area contributed by atoms with Gasteiger partial charge in [0, 0.05) is 26.0 Å². The number of anilines is 1. The second kappa shape index (κ2) is 4.97. The van der Waals surface area contributed by atoms with E-state index in [1.165, 1.54) is 0 Å². The van der Waals surface area contributed by atoms with Crippen LogP contribution < -0.4 is 11.1 Å². The molecule has 2 aromatic rings. The molecule has 0 saturated carbocycles. The summed E-state index contributed by atoms with van der Waals surface area (Å²) in [5, 5.41) is 6.92. The molecule has 2 heterocycles. The smallest absolute Gasteiger partial charge is 0.274 e. The van der Waals surface area contributed by atoms with E-state index in [0.717, 1.165) is 11.3 Å². The summed E-state index contributed by atoms with van der Waals surface area (Å²) in [5.41, 5.74) is 8.18. The van der Waals surface area contributed by atoms with Crippen LogP contribution in [0.15, 0.2) is 24.5 Å². The van der Waals surface area contributed by atoms with Crippen LogP contribution in [0.1, 0.15) is 21.7 Å². The van der Waals surface area contributed by atoms with E-state index in [1.54, 1.807) is 36.3 Å². The second-order valence-electron chi connectivity index (χ2n) is 4.01. The quantitative estimate of drug-likeness (QED) is 0.838. The lowest BCUT2D eigenvalue weighted by atomic mass is 10.2. The first-order valence-corrected chi connectivity index (χ1v) is 5.56. The van der Waals surface area contributed by atoms with Gasteiger partial charge < -0.3 is 11.1 Å². The second-order valence-corrected chi connectivity index (χ2v) is 4.01. The van der Waals surface area contributed by atoms with E-state index in [0.29, 0.717) is 17.9 Å². The third kappa shape index (κ3) is 2.54. The Kier molecular flexibility index (Phi) is 3.38. The lowest BCUT2D eigenvalue weighted by Gasteiger charge is -2.03. The molecule has 0 unspecified atom stereocenters. The lowest BCUT2D eigenvalue weighted by Crippen LogP contribution is -2.14. The number of nitrogens with one attached hydrogen (secondary N) is 1. The molecule has 0 radical (unpaired) electrons. The molecule has 0 saturated heterocycles. The van der Waals surface area contributed by atoms with Crippen molar-refractivity contribution >= 4 is 11.6 Å². The molecule has 0 aromatic carbocycles. The Labute approximate surface area is 105 Å². The molecule has 18 heavy (non-hydrogen) atoms. The van der Waals surface area contributed by atoms with E-state index in [1.807, 2.05) is 6.92 Å². The molecule has 0 atom stereocenters. The Morgan fingerprint density at radius 3 is 2.78 bits per heavy atom. The first kappa shape index (κ1) is 12.3. The van der Waals surface area contributed by atoms with Gasteiger partial charge in [0.25, 0.3) is 5.91 Å². The number of carbonyl (C=O) groups excluding carboxylic acids is 1.